The molecule has 2 nitrogen and oxygen atoms in total. The maximum atomic E-state index is 10.7. The van der Waals surface area contributed by atoms with Crippen LogP contribution in [0, 0.1) is 17.8 Å². The van der Waals surface area contributed by atoms with Crippen LogP contribution >= 0.6 is 11.8 Å². The summed E-state index contributed by atoms with van der Waals surface area (Å²) in [5, 5.41) is 8.81. The number of aliphatic carboxylic acids is 1. The van der Waals surface area contributed by atoms with Gasteiger partial charge >= 0.3 is 5.97 Å². The van der Waals surface area contributed by atoms with Crippen LogP contribution in [0.4, 0.5) is 0 Å². The van der Waals surface area contributed by atoms with Crippen LogP contribution in [0.1, 0.15) is 45.4 Å². The van der Waals surface area contributed by atoms with E-state index in [4.69, 9.17) is 5.11 Å². The Morgan fingerprint density at radius 2 is 1.65 bits per heavy atom. The highest BCUT2D eigenvalue weighted by molar-refractivity contribution is 8.04. The van der Waals surface area contributed by atoms with Gasteiger partial charge in [0.2, 0.25) is 0 Å². The largest absolute Gasteiger partial charge is 0.478 e. The van der Waals surface area contributed by atoms with Crippen LogP contribution in [0.2, 0.25) is 0 Å². The zero-order valence-electron chi connectivity index (χ0n) is 10.3. The number of hydrogen-bond donors (Lipinski definition) is 1. The third-order valence-corrected chi connectivity index (χ3v) is 6.06. The highest BCUT2D eigenvalue weighted by Gasteiger charge is 2.51. The predicted octanol–water partition coefficient (Wildman–Crippen LogP) is 3.68. The molecular formula is C14H20O2S. The van der Waals surface area contributed by atoms with E-state index in [1.165, 1.54) is 44.6 Å². The normalized spacial score (nSPS) is 44.1. The standard InChI is InChI=1S/C14H20O2S/c1-9(2-13(15)16)17-14-6-10-3-11(7-14)5-12(4-10)8-14/h2,10-12H,3-8H2,1H3,(H,15,16)/b9-2+. The Kier molecular flexibility index (Phi) is 2.77. The van der Waals surface area contributed by atoms with Gasteiger partial charge in [-0.3, -0.25) is 0 Å². The van der Waals surface area contributed by atoms with Crippen molar-refractivity contribution in [1.29, 1.82) is 0 Å². The van der Waals surface area contributed by atoms with Gasteiger partial charge in [0.25, 0.3) is 0 Å². The first-order chi connectivity index (χ1) is 8.05. The fraction of sp³-hybridized carbons (Fsp3) is 0.786. The average molecular weight is 252 g/mol. The molecule has 94 valence electrons. The molecular weight excluding hydrogens is 232 g/mol. The lowest BCUT2D eigenvalue weighted by Crippen LogP contribution is -2.48. The summed E-state index contributed by atoms with van der Waals surface area (Å²) in [6.07, 6.45) is 9.70. The fourth-order valence-corrected chi connectivity index (χ4v) is 6.50. The Bertz CT molecular complexity index is 337. The molecule has 4 aliphatic carbocycles. The molecule has 17 heavy (non-hydrogen) atoms. The molecule has 0 spiro atoms. The van der Waals surface area contributed by atoms with Crippen molar-refractivity contribution in [1.82, 2.24) is 0 Å². The number of hydrogen-bond acceptors (Lipinski definition) is 2. The Morgan fingerprint density at radius 3 is 2.06 bits per heavy atom. The molecule has 0 saturated heterocycles. The number of allylic oxidation sites excluding steroid dienone is 1. The van der Waals surface area contributed by atoms with E-state index in [1.807, 2.05) is 18.7 Å². The van der Waals surface area contributed by atoms with Gasteiger partial charge in [0.15, 0.2) is 0 Å². The highest BCUT2D eigenvalue weighted by Crippen LogP contribution is 2.61. The second kappa shape index (κ2) is 4.04. The van der Waals surface area contributed by atoms with Crippen molar-refractivity contribution in [2.45, 2.75) is 50.2 Å². The van der Waals surface area contributed by atoms with Gasteiger partial charge in [-0.2, -0.15) is 0 Å². The lowest BCUT2D eigenvalue weighted by Gasteiger charge is -2.56. The first kappa shape index (κ1) is 11.6. The van der Waals surface area contributed by atoms with Crippen molar-refractivity contribution < 1.29 is 9.90 Å². The van der Waals surface area contributed by atoms with Crippen molar-refractivity contribution >= 4 is 17.7 Å². The lowest BCUT2D eigenvalue weighted by molar-refractivity contribution is -0.131. The molecule has 0 radical (unpaired) electrons. The monoisotopic (exact) mass is 252 g/mol. The number of carbonyl (C=O) groups is 1. The first-order valence-corrected chi connectivity index (χ1v) is 7.46. The molecule has 4 bridgehead atoms. The van der Waals surface area contributed by atoms with Crippen LogP contribution in [-0.2, 0) is 4.79 Å². The van der Waals surface area contributed by atoms with Gasteiger partial charge in [-0.05, 0) is 68.1 Å². The Hall–Kier alpha value is -0.440. The molecule has 0 aromatic heterocycles. The van der Waals surface area contributed by atoms with E-state index in [9.17, 15) is 4.79 Å². The minimum Gasteiger partial charge on any atom is -0.478 e. The molecule has 0 aromatic carbocycles. The molecule has 0 amide bonds. The van der Waals surface area contributed by atoms with E-state index in [2.05, 4.69) is 0 Å². The zero-order chi connectivity index (χ0) is 12.0. The second-order valence-electron chi connectivity index (χ2n) is 6.30. The maximum absolute atomic E-state index is 10.7. The lowest BCUT2D eigenvalue weighted by atomic mass is 9.56. The van der Waals surface area contributed by atoms with E-state index in [0.29, 0.717) is 4.75 Å². The second-order valence-corrected chi connectivity index (χ2v) is 8.01. The molecule has 0 unspecified atom stereocenters. The third kappa shape index (κ3) is 2.26. The number of carboxylic acids is 1. The number of thioether (sulfide) groups is 1. The van der Waals surface area contributed by atoms with Gasteiger partial charge in [0, 0.05) is 10.8 Å². The smallest absolute Gasteiger partial charge is 0.329 e. The molecule has 4 fully saturated rings. The fourth-order valence-electron chi connectivity index (χ4n) is 4.70. The average Bonchev–Trinajstić information content (AvgIpc) is 2.11. The summed E-state index contributed by atoms with van der Waals surface area (Å²) in [6, 6.07) is 0. The first-order valence-electron chi connectivity index (χ1n) is 6.65. The van der Waals surface area contributed by atoms with E-state index < -0.39 is 5.97 Å². The summed E-state index contributed by atoms with van der Waals surface area (Å²) in [4.78, 5) is 11.7. The Morgan fingerprint density at radius 1 is 1.18 bits per heavy atom. The van der Waals surface area contributed by atoms with Gasteiger partial charge in [-0.25, -0.2) is 4.79 Å². The van der Waals surface area contributed by atoms with Crippen LogP contribution in [0.15, 0.2) is 11.0 Å². The zero-order valence-corrected chi connectivity index (χ0v) is 11.1. The van der Waals surface area contributed by atoms with Gasteiger partial charge in [-0.15, -0.1) is 11.8 Å². The van der Waals surface area contributed by atoms with Crippen molar-refractivity contribution in [3.8, 4) is 0 Å². The Balaban J connectivity index is 1.76. The molecule has 3 heteroatoms. The molecule has 0 aliphatic heterocycles. The molecule has 4 rings (SSSR count). The van der Waals surface area contributed by atoms with Crippen LogP contribution in [-0.4, -0.2) is 15.8 Å². The van der Waals surface area contributed by atoms with Crippen molar-refractivity contribution in [2.24, 2.45) is 17.8 Å². The number of rotatable bonds is 3. The van der Waals surface area contributed by atoms with Crippen LogP contribution in [0.25, 0.3) is 0 Å². The van der Waals surface area contributed by atoms with E-state index in [-0.39, 0.29) is 0 Å². The summed E-state index contributed by atoms with van der Waals surface area (Å²) in [7, 11) is 0. The van der Waals surface area contributed by atoms with Crippen molar-refractivity contribution in [3.05, 3.63) is 11.0 Å². The predicted molar refractivity (Wildman–Crippen MR) is 69.9 cm³/mol. The summed E-state index contributed by atoms with van der Waals surface area (Å²) >= 11 is 1.87. The minimum atomic E-state index is -0.806. The van der Waals surface area contributed by atoms with Crippen molar-refractivity contribution in [3.63, 3.8) is 0 Å². The summed E-state index contributed by atoms with van der Waals surface area (Å²) in [5.41, 5.74) is 0. The van der Waals surface area contributed by atoms with Gasteiger partial charge in [-0.1, -0.05) is 0 Å². The van der Waals surface area contributed by atoms with E-state index >= 15 is 0 Å². The van der Waals surface area contributed by atoms with Crippen LogP contribution in [0.3, 0.4) is 0 Å². The summed E-state index contributed by atoms with van der Waals surface area (Å²) in [5.74, 6) is 2.00. The van der Waals surface area contributed by atoms with Crippen LogP contribution < -0.4 is 0 Å². The highest BCUT2D eigenvalue weighted by atomic mass is 32.2. The van der Waals surface area contributed by atoms with Gasteiger partial charge in [0.05, 0.1) is 0 Å². The topological polar surface area (TPSA) is 37.3 Å². The van der Waals surface area contributed by atoms with Gasteiger partial charge < -0.3 is 5.11 Å². The summed E-state index contributed by atoms with van der Waals surface area (Å²) < 4.78 is 0.394. The number of carboxylic acid groups (broad SMARTS) is 1. The summed E-state index contributed by atoms with van der Waals surface area (Å²) in [6.45, 7) is 1.96. The van der Waals surface area contributed by atoms with Crippen molar-refractivity contribution in [2.75, 3.05) is 0 Å². The SMILES string of the molecule is C/C(=C\C(=O)O)SC12CC3CC(CC(C3)C1)C2. The van der Waals surface area contributed by atoms with Gasteiger partial charge in [0.1, 0.15) is 0 Å². The maximum Gasteiger partial charge on any atom is 0.329 e. The minimum absolute atomic E-state index is 0.394. The van der Waals surface area contributed by atoms with E-state index in [1.54, 1.807) is 0 Å². The van der Waals surface area contributed by atoms with Crippen LogP contribution in [0.5, 0.6) is 0 Å². The van der Waals surface area contributed by atoms with E-state index in [0.717, 1.165) is 22.7 Å². The molecule has 4 saturated carbocycles. The molecule has 1 N–H and O–H groups in total. The molecule has 0 atom stereocenters. The third-order valence-electron chi connectivity index (χ3n) is 4.69. The Labute approximate surface area is 107 Å². The molecule has 0 aromatic rings. The molecule has 4 aliphatic rings. The molecule has 0 heterocycles. The quantitative estimate of drug-likeness (QED) is 0.779.